The van der Waals surface area contributed by atoms with Crippen molar-refractivity contribution < 1.29 is 4.79 Å². The molecule has 2 rings (SSSR count). The number of benzene rings is 1. The molecule has 3 nitrogen and oxygen atoms in total. The van der Waals surface area contributed by atoms with Gasteiger partial charge in [-0.2, -0.15) is 0 Å². The summed E-state index contributed by atoms with van der Waals surface area (Å²) in [4.78, 5) is 17.2. The van der Waals surface area contributed by atoms with Crippen LogP contribution in [0.4, 0.5) is 5.13 Å². The number of ketones is 1. The van der Waals surface area contributed by atoms with Crippen LogP contribution in [0, 0.1) is 6.92 Å². The number of nitrogens with zero attached hydrogens (tertiary/aromatic N) is 1. The fourth-order valence-corrected chi connectivity index (χ4v) is 2.86. The number of thiazole rings is 1. The third-order valence-electron chi connectivity index (χ3n) is 2.67. The minimum Gasteiger partial charge on any atom is -0.362 e. The summed E-state index contributed by atoms with van der Waals surface area (Å²) >= 11 is 7.42. The number of rotatable bonds is 5. The van der Waals surface area contributed by atoms with Gasteiger partial charge in [0.1, 0.15) is 0 Å². The molecule has 1 heterocycles. The molecule has 0 unspecified atom stereocenters. The van der Waals surface area contributed by atoms with E-state index in [1.807, 2.05) is 32.0 Å². The van der Waals surface area contributed by atoms with Gasteiger partial charge in [0.15, 0.2) is 10.9 Å². The van der Waals surface area contributed by atoms with E-state index in [-0.39, 0.29) is 5.78 Å². The number of carbonyl (C=O) groups is 1. The van der Waals surface area contributed by atoms with E-state index in [0.717, 1.165) is 22.9 Å². The van der Waals surface area contributed by atoms with Gasteiger partial charge in [0.2, 0.25) is 0 Å². The molecular formula is C15H15ClN2OS. The Morgan fingerprint density at radius 1 is 1.45 bits per heavy atom. The minimum atomic E-state index is -0.0518. The van der Waals surface area contributed by atoms with Gasteiger partial charge >= 0.3 is 0 Å². The highest BCUT2D eigenvalue weighted by atomic mass is 35.5. The van der Waals surface area contributed by atoms with Crippen LogP contribution in [0.25, 0.3) is 6.08 Å². The zero-order chi connectivity index (χ0) is 14.5. The van der Waals surface area contributed by atoms with Crippen molar-refractivity contribution in [2.75, 3.05) is 11.9 Å². The summed E-state index contributed by atoms with van der Waals surface area (Å²) in [5, 5.41) is 4.52. The van der Waals surface area contributed by atoms with Crippen molar-refractivity contribution in [1.82, 2.24) is 4.98 Å². The molecule has 0 radical (unpaired) electrons. The predicted octanol–water partition coefficient (Wildman–Crippen LogP) is 4.43. The standard InChI is InChI=1S/C15H15ClN2OS/c1-3-17-15-18-10(2)14(20-15)13(19)9-8-11-6-4-5-7-12(11)16/h4-9H,3H2,1-2H3,(H,17,18)/b9-8+. The third kappa shape index (κ3) is 3.46. The molecule has 0 saturated carbocycles. The monoisotopic (exact) mass is 306 g/mol. The highest BCUT2D eigenvalue weighted by Crippen LogP contribution is 2.24. The van der Waals surface area contributed by atoms with Gasteiger partial charge in [-0.15, -0.1) is 0 Å². The van der Waals surface area contributed by atoms with Crippen molar-refractivity contribution in [3.63, 3.8) is 0 Å². The Morgan fingerprint density at radius 2 is 2.20 bits per heavy atom. The summed E-state index contributed by atoms with van der Waals surface area (Å²) in [6.45, 7) is 4.62. The van der Waals surface area contributed by atoms with Gasteiger partial charge in [-0.3, -0.25) is 4.79 Å². The van der Waals surface area contributed by atoms with Crippen LogP contribution in [0.1, 0.15) is 27.9 Å². The van der Waals surface area contributed by atoms with E-state index in [1.54, 1.807) is 12.1 Å². The van der Waals surface area contributed by atoms with E-state index in [4.69, 9.17) is 11.6 Å². The normalized spacial score (nSPS) is 10.9. The first-order chi connectivity index (χ1) is 9.61. The molecule has 0 fully saturated rings. The third-order valence-corrected chi connectivity index (χ3v) is 4.14. The fraction of sp³-hybridized carbons (Fsp3) is 0.200. The molecule has 1 aromatic heterocycles. The van der Waals surface area contributed by atoms with Gasteiger partial charge in [-0.05, 0) is 37.6 Å². The Balaban J connectivity index is 2.18. The van der Waals surface area contributed by atoms with Gasteiger partial charge < -0.3 is 5.32 Å². The van der Waals surface area contributed by atoms with Crippen molar-refractivity contribution in [1.29, 1.82) is 0 Å². The lowest BCUT2D eigenvalue weighted by atomic mass is 10.2. The Kier molecular flexibility index (Phi) is 4.93. The Morgan fingerprint density at radius 3 is 2.90 bits per heavy atom. The Bertz CT molecular complexity index is 649. The number of aromatic nitrogens is 1. The van der Waals surface area contributed by atoms with Gasteiger partial charge in [0.05, 0.1) is 10.6 Å². The first-order valence-electron chi connectivity index (χ1n) is 6.30. The summed E-state index contributed by atoms with van der Waals surface area (Å²) in [5.74, 6) is -0.0518. The van der Waals surface area contributed by atoms with Crippen LogP contribution in [0.3, 0.4) is 0 Å². The van der Waals surface area contributed by atoms with Crippen LogP contribution in [-0.2, 0) is 0 Å². The van der Waals surface area contributed by atoms with Gasteiger partial charge in [-0.25, -0.2) is 4.98 Å². The van der Waals surface area contributed by atoms with E-state index in [9.17, 15) is 4.79 Å². The first kappa shape index (κ1) is 14.8. The van der Waals surface area contributed by atoms with E-state index in [2.05, 4.69) is 10.3 Å². The first-order valence-corrected chi connectivity index (χ1v) is 7.49. The number of carbonyl (C=O) groups excluding carboxylic acids is 1. The molecule has 1 aromatic carbocycles. The van der Waals surface area contributed by atoms with Crippen molar-refractivity contribution in [3.8, 4) is 0 Å². The number of halogens is 1. The highest BCUT2D eigenvalue weighted by molar-refractivity contribution is 7.17. The number of hydrogen-bond acceptors (Lipinski definition) is 4. The average Bonchev–Trinajstić information content (AvgIpc) is 2.79. The molecule has 104 valence electrons. The maximum atomic E-state index is 12.2. The van der Waals surface area contributed by atoms with E-state index in [1.165, 1.54) is 17.4 Å². The molecule has 1 N–H and O–H groups in total. The summed E-state index contributed by atoms with van der Waals surface area (Å²) in [5.41, 5.74) is 1.58. The Hall–Kier alpha value is -1.65. The lowest BCUT2D eigenvalue weighted by Crippen LogP contribution is -1.94. The number of aryl methyl sites for hydroxylation is 1. The second-order valence-electron chi connectivity index (χ2n) is 4.18. The van der Waals surface area contributed by atoms with Crippen molar-refractivity contribution in [3.05, 3.63) is 51.5 Å². The molecule has 0 spiro atoms. The van der Waals surface area contributed by atoms with E-state index < -0.39 is 0 Å². The number of anilines is 1. The lowest BCUT2D eigenvalue weighted by Gasteiger charge is -1.96. The van der Waals surface area contributed by atoms with Crippen molar-refractivity contribution in [2.45, 2.75) is 13.8 Å². The molecule has 0 aliphatic rings. The zero-order valence-electron chi connectivity index (χ0n) is 11.3. The molecule has 0 bridgehead atoms. The van der Waals surface area contributed by atoms with Crippen LogP contribution in [0.15, 0.2) is 30.3 Å². The zero-order valence-corrected chi connectivity index (χ0v) is 12.9. The second-order valence-corrected chi connectivity index (χ2v) is 5.59. The molecular weight excluding hydrogens is 292 g/mol. The smallest absolute Gasteiger partial charge is 0.197 e. The van der Waals surface area contributed by atoms with Crippen LogP contribution >= 0.6 is 22.9 Å². The largest absolute Gasteiger partial charge is 0.362 e. The summed E-state index contributed by atoms with van der Waals surface area (Å²) < 4.78 is 0. The van der Waals surface area contributed by atoms with Gasteiger partial charge in [-0.1, -0.05) is 41.1 Å². The van der Waals surface area contributed by atoms with Crippen molar-refractivity contribution in [2.24, 2.45) is 0 Å². The summed E-state index contributed by atoms with van der Waals surface area (Å²) in [6, 6.07) is 7.41. The molecule has 5 heteroatoms. The second kappa shape index (κ2) is 6.68. The molecule has 2 aromatic rings. The topological polar surface area (TPSA) is 42.0 Å². The molecule has 0 aliphatic heterocycles. The number of allylic oxidation sites excluding steroid dienone is 1. The summed E-state index contributed by atoms with van der Waals surface area (Å²) in [7, 11) is 0. The number of hydrogen-bond donors (Lipinski definition) is 1. The molecule has 0 amide bonds. The summed E-state index contributed by atoms with van der Waals surface area (Å²) in [6.07, 6.45) is 3.27. The van der Waals surface area contributed by atoms with E-state index in [0.29, 0.717) is 9.90 Å². The Labute approximate surface area is 127 Å². The SMILES string of the molecule is CCNc1nc(C)c(C(=O)/C=C/c2ccccc2Cl)s1. The van der Waals surface area contributed by atoms with E-state index >= 15 is 0 Å². The van der Waals surface area contributed by atoms with Crippen LogP contribution in [-0.4, -0.2) is 17.3 Å². The fourth-order valence-electron chi connectivity index (χ4n) is 1.70. The van der Waals surface area contributed by atoms with Crippen LogP contribution < -0.4 is 5.32 Å². The van der Waals surface area contributed by atoms with Crippen molar-refractivity contribution >= 4 is 39.9 Å². The molecule has 0 aliphatic carbocycles. The average molecular weight is 307 g/mol. The highest BCUT2D eigenvalue weighted by Gasteiger charge is 2.12. The maximum Gasteiger partial charge on any atom is 0.197 e. The maximum absolute atomic E-state index is 12.2. The minimum absolute atomic E-state index is 0.0518. The molecule has 0 atom stereocenters. The van der Waals surface area contributed by atoms with Crippen LogP contribution in [0.2, 0.25) is 5.02 Å². The number of nitrogens with one attached hydrogen (secondary N) is 1. The van der Waals surface area contributed by atoms with Crippen LogP contribution in [0.5, 0.6) is 0 Å². The van der Waals surface area contributed by atoms with Gasteiger partial charge in [0, 0.05) is 11.6 Å². The molecule has 20 heavy (non-hydrogen) atoms. The van der Waals surface area contributed by atoms with Gasteiger partial charge in [0.25, 0.3) is 0 Å². The quantitative estimate of drug-likeness (QED) is 0.656. The predicted molar refractivity (Wildman–Crippen MR) is 85.8 cm³/mol. The molecule has 0 saturated heterocycles. The lowest BCUT2D eigenvalue weighted by molar-refractivity contribution is 0.105.